The highest BCUT2D eigenvalue weighted by Gasteiger charge is 2.21. The van der Waals surface area contributed by atoms with E-state index >= 15 is 0 Å². The van der Waals surface area contributed by atoms with E-state index in [1.165, 1.54) is 0 Å². The molecule has 0 N–H and O–H groups in total. The van der Waals surface area contributed by atoms with Gasteiger partial charge in [0.1, 0.15) is 18.0 Å². The van der Waals surface area contributed by atoms with Crippen LogP contribution in [0.15, 0.2) is 30.4 Å². The van der Waals surface area contributed by atoms with Crippen LogP contribution in [-0.2, 0) is 4.74 Å². The topological polar surface area (TPSA) is 59.5 Å². The van der Waals surface area contributed by atoms with Gasteiger partial charge in [-0.15, -0.1) is 0 Å². The van der Waals surface area contributed by atoms with Crippen molar-refractivity contribution in [1.29, 1.82) is 0 Å². The van der Waals surface area contributed by atoms with Crippen molar-refractivity contribution in [3.05, 3.63) is 41.7 Å². The van der Waals surface area contributed by atoms with E-state index in [2.05, 4.69) is 4.98 Å². The molecule has 21 heavy (non-hydrogen) atoms. The van der Waals surface area contributed by atoms with Gasteiger partial charge < -0.3 is 9.64 Å². The van der Waals surface area contributed by atoms with Crippen LogP contribution in [-0.4, -0.2) is 41.5 Å². The number of carbonyl (C=O) groups is 2. The largest absolute Gasteiger partial charge is 0.457 e. The van der Waals surface area contributed by atoms with Gasteiger partial charge in [0.2, 0.25) is 0 Å². The van der Waals surface area contributed by atoms with Crippen LogP contribution in [0.1, 0.15) is 47.2 Å². The van der Waals surface area contributed by atoms with Gasteiger partial charge in [-0.1, -0.05) is 25.1 Å². The lowest BCUT2D eigenvalue weighted by molar-refractivity contribution is 0.0542. The number of pyridine rings is 1. The molecule has 2 heterocycles. The smallest absolute Gasteiger partial charge is 0.357 e. The first-order valence-electron chi connectivity index (χ1n) is 7.31. The molecule has 0 atom stereocenters. The van der Waals surface area contributed by atoms with Crippen LogP contribution < -0.4 is 0 Å². The van der Waals surface area contributed by atoms with Crippen LogP contribution in [0.3, 0.4) is 0 Å². The Bertz CT molecular complexity index is 534. The number of rotatable bonds is 5. The van der Waals surface area contributed by atoms with E-state index in [0.29, 0.717) is 5.69 Å². The van der Waals surface area contributed by atoms with E-state index in [4.69, 9.17) is 4.74 Å². The molecule has 1 saturated heterocycles. The number of allylic oxidation sites excluding steroid dienone is 1. The van der Waals surface area contributed by atoms with Crippen LogP contribution >= 0.6 is 0 Å². The average Bonchev–Trinajstić information content (AvgIpc) is 3.05. The van der Waals surface area contributed by atoms with Gasteiger partial charge in [0.05, 0.1) is 0 Å². The summed E-state index contributed by atoms with van der Waals surface area (Å²) in [5.74, 6) is -0.625. The maximum Gasteiger partial charge on any atom is 0.357 e. The molecule has 0 aromatic carbocycles. The zero-order valence-electron chi connectivity index (χ0n) is 12.2. The maximum absolute atomic E-state index is 12.2. The first kappa shape index (κ1) is 15.2. The highest BCUT2D eigenvalue weighted by atomic mass is 16.5. The Hall–Kier alpha value is -2.17. The standard InChI is InChI=1S/C16H20N2O3/c1-2-3-6-12-21-16(20)14-9-7-8-13(17-14)15(19)18-10-4-5-11-18/h3,6-9H,2,4-5,10-12H2,1H3/b6-3+. The van der Waals surface area contributed by atoms with Gasteiger partial charge in [0, 0.05) is 13.1 Å². The Balaban J connectivity index is 2.01. The molecule has 1 aliphatic rings. The second kappa shape index (κ2) is 7.57. The fourth-order valence-electron chi connectivity index (χ4n) is 2.18. The van der Waals surface area contributed by atoms with Crippen molar-refractivity contribution >= 4 is 11.9 Å². The van der Waals surface area contributed by atoms with Crippen molar-refractivity contribution in [3.63, 3.8) is 0 Å². The van der Waals surface area contributed by atoms with Gasteiger partial charge in [0.25, 0.3) is 5.91 Å². The van der Waals surface area contributed by atoms with Gasteiger partial charge in [0.15, 0.2) is 0 Å². The van der Waals surface area contributed by atoms with E-state index in [9.17, 15) is 9.59 Å². The minimum absolute atomic E-state index is 0.118. The third kappa shape index (κ3) is 4.15. The van der Waals surface area contributed by atoms with Crippen LogP contribution in [0.2, 0.25) is 0 Å². The van der Waals surface area contributed by atoms with Gasteiger partial charge in [-0.3, -0.25) is 4.79 Å². The molecule has 5 nitrogen and oxygen atoms in total. The van der Waals surface area contributed by atoms with E-state index in [0.717, 1.165) is 32.4 Å². The zero-order chi connectivity index (χ0) is 15.1. The fraction of sp³-hybridized carbons (Fsp3) is 0.438. The first-order chi connectivity index (χ1) is 10.2. The molecule has 0 saturated carbocycles. The normalized spacial score (nSPS) is 14.6. The van der Waals surface area contributed by atoms with Crippen LogP contribution in [0.4, 0.5) is 0 Å². The number of aromatic nitrogens is 1. The molecule has 0 aliphatic carbocycles. The number of carbonyl (C=O) groups excluding carboxylic acids is 2. The number of likely N-dealkylation sites (tertiary alicyclic amines) is 1. The van der Waals surface area contributed by atoms with Crippen molar-refractivity contribution < 1.29 is 14.3 Å². The monoisotopic (exact) mass is 288 g/mol. The Labute approximate surface area is 124 Å². The van der Waals surface area contributed by atoms with E-state index < -0.39 is 5.97 Å². The van der Waals surface area contributed by atoms with Crippen molar-refractivity contribution in [2.75, 3.05) is 19.7 Å². The number of hydrogen-bond donors (Lipinski definition) is 0. The number of nitrogens with zero attached hydrogens (tertiary/aromatic N) is 2. The molecule has 1 aromatic rings. The molecule has 0 spiro atoms. The molecular weight excluding hydrogens is 268 g/mol. The molecule has 0 radical (unpaired) electrons. The Morgan fingerprint density at radius 2 is 1.95 bits per heavy atom. The summed E-state index contributed by atoms with van der Waals surface area (Å²) in [5.41, 5.74) is 0.473. The summed E-state index contributed by atoms with van der Waals surface area (Å²) >= 11 is 0. The van der Waals surface area contributed by atoms with E-state index in [-0.39, 0.29) is 18.2 Å². The molecular formula is C16H20N2O3. The van der Waals surface area contributed by atoms with Crippen LogP contribution in [0.5, 0.6) is 0 Å². The zero-order valence-corrected chi connectivity index (χ0v) is 12.2. The SMILES string of the molecule is CC/C=C/COC(=O)c1cccc(C(=O)N2CCCC2)n1. The minimum atomic E-state index is -0.508. The second-order valence-corrected chi connectivity index (χ2v) is 4.89. The number of ether oxygens (including phenoxy) is 1. The third-order valence-electron chi connectivity index (χ3n) is 3.28. The van der Waals surface area contributed by atoms with Crippen molar-refractivity contribution in [2.45, 2.75) is 26.2 Å². The predicted molar refractivity (Wildman–Crippen MR) is 79.1 cm³/mol. The molecule has 5 heteroatoms. The average molecular weight is 288 g/mol. The second-order valence-electron chi connectivity index (χ2n) is 4.89. The lowest BCUT2D eigenvalue weighted by Crippen LogP contribution is -2.28. The Morgan fingerprint density at radius 3 is 2.67 bits per heavy atom. The van der Waals surface area contributed by atoms with E-state index in [1.54, 1.807) is 29.2 Å². The van der Waals surface area contributed by atoms with Crippen LogP contribution in [0.25, 0.3) is 0 Å². The quantitative estimate of drug-likeness (QED) is 0.617. The highest BCUT2D eigenvalue weighted by molar-refractivity contribution is 5.94. The van der Waals surface area contributed by atoms with Gasteiger partial charge in [-0.2, -0.15) is 0 Å². The Kier molecular flexibility index (Phi) is 5.49. The molecule has 1 amide bonds. The molecule has 112 valence electrons. The molecule has 0 unspecified atom stereocenters. The number of hydrogen-bond acceptors (Lipinski definition) is 4. The van der Waals surface area contributed by atoms with Crippen molar-refractivity contribution in [3.8, 4) is 0 Å². The van der Waals surface area contributed by atoms with Gasteiger partial charge >= 0.3 is 5.97 Å². The molecule has 2 rings (SSSR count). The number of amides is 1. The fourth-order valence-corrected chi connectivity index (χ4v) is 2.18. The lowest BCUT2D eigenvalue weighted by atomic mass is 10.2. The highest BCUT2D eigenvalue weighted by Crippen LogP contribution is 2.12. The molecule has 0 bridgehead atoms. The Morgan fingerprint density at radius 1 is 1.24 bits per heavy atom. The van der Waals surface area contributed by atoms with Crippen molar-refractivity contribution in [1.82, 2.24) is 9.88 Å². The summed E-state index contributed by atoms with van der Waals surface area (Å²) in [4.78, 5) is 30.0. The summed E-state index contributed by atoms with van der Waals surface area (Å²) in [6.45, 7) is 3.75. The summed E-state index contributed by atoms with van der Waals surface area (Å²) < 4.78 is 5.08. The molecule has 1 aliphatic heterocycles. The predicted octanol–water partition coefficient (Wildman–Crippen LogP) is 2.44. The van der Waals surface area contributed by atoms with Gasteiger partial charge in [-0.25, -0.2) is 9.78 Å². The van der Waals surface area contributed by atoms with Crippen molar-refractivity contribution in [2.24, 2.45) is 0 Å². The summed E-state index contributed by atoms with van der Waals surface area (Å²) in [7, 11) is 0. The summed E-state index contributed by atoms with van der Waals surface area (Å²) in [5, 5.41) is 0. The van der Waals surface area contributed by atoms with Gasteiger partial charge in [-0.05, 0) is 31.4 Å². The van der Waals surface area contributed by atoms with E-state index in [1.807, 2.05) is 13.0 Å². The first-order valence-corrected chi connectivity index (χ1v) is 7.31. The lowest BCUT2D eigenvalue weighted by Gasteiger charge is -2.14. The minimum Gasteiger partial charge on any atom is -0.457 e. The maximum atomic E-state index is 12.2. The molecule has 1 fully saturated rings. The molecule has 1 aromatic heterocycles. The summed E-state index contributed by atoms with van der Waals surface area (Å²) in [6, 6.07) is 4.86. The summed E-state index contributed by atoms with van der Waals surface area (Å²) in [6.07, 6.45) is 6.66. The third-order valence-corrected chi connectivity index (χ3v) is 3.28. The number of esters is 1. The van der Waals surface area contributed by atoms with Crippen LogP contribution in [0, 0.1) is 0 Å².